The molecular weight excluding hydrogens is 336 g/mol. The third-order valence-corrected chi connectivity index (χ3v) is 5.00. The van der Waals surface area contributed by atoms with Crippen molar-refractivity contribution in [3.8, 4) is 0 Å². The molecule has 23 heavy (non-hydrogen) atoms. The molecular formula is C16H17ClN2O3S. The molecule has 5 nitrogen and oxygen atoms in total. The van der Waals surface area contributed by atoms with Crippen molar-refractivity contribution in [1.82, 2.24) is 9.97 Å². The van der Waals surface area contributed by atoms with Gasteiger partial charge in [0.1, 0.15) is 10.6 Å². The average molecular weight is 353 g/mol. The van der Waals surface area contributed by atoms with Crippen molar-refractivity contribution < 1.29 is 9.53 Å². The van der Waals surface area contributed by atoms with Gasteiger partial charge in [-0.2, -0.15) is 4.98 Å². The number of hydrogen-bond donors (Lipinski definition) is 1. The van der Waals surface area contributed by atoms with Crippen LogP contribution in [0.4, 0.5) is 0 Å². The molecule has 0 saturated heterocycles. The van der Waals surface area contributed by atoms with Crippen molar-refractivity contribution in [3.63, 3.8) is 0 Å². The lowest BCUT2D eigenvalue weighted by Gasteiger charge is -2.16. The minimum Gasteiger partial charge on any atom is -0.465 e. The van der Waals surface area contributed by atoms with Crippen LogP contribution in [0.5, 0.6) is 0 Å². The number of nitrogens with zero attached hydrogens (tertiary/aromatic N) is 1. The van der Waals surface area contributed by atoms with Gasteiger partial charge in [-0.05, 0) is 31.0 Å². The number of ether oxygens (including phenoxy) is 1. The largest absolute Gasteiger partial charge is 0.465 e. The second-order valence-electron chi connectivity index (χ2n) is 4.90. The summed E-state index contributed by atoms with van der Waals surface area (Å²) in [4.78, 5) is 30.2. The number of halogens is 1. The molecule has 0 saturated carbocycles. The number of esters is 1. The van der Waals surface area contributed by atoms with E-state index in [-0.39, 0.29) is 5.25 Å². The average Bonchev–Trinajstić information content (AvgIpc) is 2.52. The summed E-state index contributed by atoms with van der Waals surface area (Å²) in [6, 6.07) is 7.50. The van der Waals surface area contributed by atoms with Crippen LogP contribution in [-0.2, 0) is 4.74 Å². The Bertz CT molecular complexity index is 759. The topological polar surface area (TPSA) is 72.0 Å². The first-order valence-electron chi connectivity index (χ1n) is 7.07. The first-order valence-corrected chi connectivity index (χ1v) is 8.33. The second-order valence-corrected chi connectivity index (χ2v) is 6.53. The third-order valence-electron chi connectivity index (χ3n) is 3.34. The van der Waals surface area contributed by atoms with E-state index < -0.39 is 11.7 Å². The number of H-pyrrole nitrogens is 1. The van der Waals surface area contributed by atoms with Crippen LogP contribution < -0.4 is 5.69 Å². The fraction of sp³-hybridized carbons (Fsp3) is 0.312. The standard InChI is InChI=1S/C16H17ClN2O3S/c1-4-12(10-5-7-11(17)8-6-10)23-14-13(15(20)22-3)9(2)18-16(21)19-14/h5-8,12H,4H2,1-3H3,(H,18,19,21). The van der Waals surface area contributed by atoms with E-state index in [2.05, 4.69) is 9.97 Å². The first kappa shape index (κ1) is 17.6. The number of carbonyl (C=O) groups excluding carboxylic acids is 1. The molecule has 0 radical (unpaired) electrons. The molecule has 0 fully saturated rings. The van der Waals surface area contributed by atoms with Gasteiger partial charge in [-0.1, -0.05) is 42.4 Å². The van der Waals surface area contributed by atoms with Crippen LogP contribution >= 0.6 is 23.4 Å². The number of nitrogens with one attached hydrogen (secondary N) is 1. The van der Waals surface area contributed by atoms with E-state index in [1.807, 2.05) is 31.2 Å². The van der Waals surface area contributed by atoms with Gasteiger partial charge in [-0.15, -0.1) is 0 Å². The molecule has 1 atom stereocenters. The maximum absolute atomic E-state index is 12.0. The second kappa shape index (κ2) is 7.66. The Balaban J connectivity index is 2.42. The van der Waals surface area contributed by atoms with Crippen LogP contribution in [0, 0.1) is 6.92 Å². The molecule has 1 N–H and O–H groups in total. The first-order chi connectivity index (χ1) is 11.0. The van der Waals surface area contributed by atoms with Crippen molar-refractivity contribution >= 4 is 29.3 Å². The minimum absolute atomic E-state index is 0.0457. The lowest BCUT2D eigenvalue weighted by atomic mass is 10.1. The number of rotatable bonds is 5. The predicted octanol–water partition coefficient (Wildman–Crippen LogP) is 3.76. The molecule has 7 heteroatoms. The van der Waals surface area contributed by atoms with Gasteiger partial charge in [-0.25, -0.2) is 9.59 Å². The number of carbonyl (C=O) groups is 1. The van der Waals surface area contributed by atoms with Gasteiger partial charge in [0.25, 0.3) is 0 Å². The molecule has 2 rings (SSSR count). The van der Waals surface area contributed by atoms with E-state index >= 15 is 0 Å². The van der Waals surface area contributed by atoms with Gasteiger partial charge < -0.3 is 9.72 Å². The fourth-order valence-corrected chi connectivity index (χ4v) is 3.53. The Labute approximate surface area is 143 Å². The van der Waals surface area contributed by atoms with Gasteiger partial charge in [0.2, 0.25) is 0 Å². The normalized spacial score (nSPS) is 12.0. The Morgan fingerprint density at radius 2 is 2.04 bits per heavy atom. The summed E-state index contributed by atoms with van der Waals surface area (Å²) in [6.07, 6.45) is 0.806. The van der Waals surface area contributed by atoms with E-state index in [0.29, 0.717) is 21.3 Å². The van der Waals surface area contributed by atoms with Crippen molar-refractivity contribution in [3.05, 3.63) is 56.6 Å². The summed E-state index contributed by atoms with van der Waals surface area (Å²) in [5, 5.41) is 1.08. The van der Waals surface area contributed by atoms with Gasteiger partial charge in [0.15, 0.2) is 0 Å². The number of thioether (sulfide) groups is 1. The van der Waals surface area contributed by atoms with Crippen molar-refractivity contribution in [2.45, 2.75) is 30.5 Å². The van der Waals surface area contributed by atoms with E-state index in [4.69, 9.17) is 16.3 Å². The molecule has 0 amide bonds. The molecule has 1 unspecified atom stereocenters. The summed E-state index contributed by atoms with van der Waals surface area (Å²) in [5.74, 6) is -0.514. The minimum atomic E-state index is -0.514. The lowest BCUT2D eigenvalue weighted by Crippen LogP contribution is -2.19. The van der Waals surface area contributed by atoms with Gasteiger partial charge >= 0.3 is 11.7 Å². The van der Waals surface area contributed by atoms with Crippen LogP contribution in [-0.4, -0.2) is 23.0 Å². The summed E-state index contributed by atoms with van der Waals surface area (Å²) < 4.78 is 4.80. The SMILES string of the molecule is CCC(Sc1nc(=O)[nH]c(C)c1C(=O)OC)c1ccc(Cl)cc1. The van der Waals surface area contributed by atoms with Crippen LogP contribution in [0.1, 0.15) is 40.2 Å². The highest BCUT2D eigenvalue weighted by Gasteiger charge is 2.22. The summed E-state index contributed by atoms with van der Waals surface area (Å²) in [7, 11) is 1.30. The van der Waals surface area contributed by atoms with E-state index in [1.165, 1.54) is 18.9 Å². The summed E-state index contributed by atoms with van der Waals surface area (Å²) >= 11 is 7.29. The number of aromatic nitrogens is 2. The zero-order valence-corrected chi connectivity index (χ0v) is 14.6. The van der Waals surface area contributed by atoms with Crippen LogP contribution in [0.2, 0.25) is 5.02 Å². The monoisotopic (exact) mass is 352 g/mol. The van der Waals surface area contributed by atoms with Crippen LogP contribution in [0.15, 0.2) is 34.1 Å². The number of aromatic amines is 1. The maximum atomic E-state index is 12.0. The molecule has 0 aliphatic heterocycles. The highest BCUT2D eigenvalue weighted by atomic mass is 35.5. The van der Waals surface area contributed by atoms with E-state index in [1.54, 1.807) is 6.92 Å². The van der Waals surface area contributed by atoms with E-state index in [0.717, 1.165) is 12.0 Å². The highest BCUT2D eigenvalue weighted by molar-refractivity contribution is 7.99. The van der Waals surface area contributed by atoms with Gasteiger partial charge in [0, 0.05) is 16.0 Å². The number of benzene rings is 1. The van der Waals surface area contributed by atoms with E-state index in [9.17, 15) is 9.59 Å². The number of hydrogen-bond acceptors (Lipinski definition) is 5. The summed E-state index contributed by atoms with van der Waals surface area (Å²) in [6.45, 7) is 3.69. The molecule has 0 spiro atoms. The third kappa shape index (κ3) is 4.14. The van der Waals surface area contributed by atoms with Crippen molar-refractivity contribution in [1.29, 1.82) is 0 Å². The smallest absolute Gasteiger partial charge is 0.346 e. The molecule has 1 heterocycles. The highest BCUT2D eigenvalue weighted by Crippen LogP contribution is 2.38. The zero-order valence-electron chi connectivity index (χ0n) is 13.1. The number of aryl methyl sites for hydroxylation is 1. The molecule has 0 aliphatic carbocycles. The summed E-state index contributed by atoms with van der Waals surface area (Å²) in [5.41, 5.74) is 1.32. The molecule has 0 aliphatic rings. The fourth-order valence-electron chi connectivity index (χ4n) is 2.19. The molecule has 0 bridgehead atoms. The predicted molar refractivity (Wildman–Crippen MR) is 91.3 cm³/mol. The van der Waals surface area contributed by atoms with Gasteiger partial charge in [0.05, 0.1) is 7.11 Å². The van der Waals surface area contributed by atoms with Crippen molar-refractivity contribution in [2.24, 2.45) is 0 Å². The number of methoxy groups -OCH3 is 1. The Kier molecular flexibility index (Phi) is 5.85. The Hall–Kier alpha value is -1.79. The van der Waals surface area contributed by atoms with Crippen LogP contribution in [0.25, 0.3) is 0 Å². The molecule has 122 valence electrons. The van der Waals surface area contributed by atoms with Gasteiger partial charge in [-0.3, -0.25) is 0 Å². The maximum Gasteiger partial charge on any atom is 0.346 e. The molecule has 1 aromatic carbocycles. The molecule has 1 aromatic heterocycles. The molecule has 2 aromatic rings. The zero-order chi connectivity index (χ0) is 17.0. The quantitative estimate of drug-likeness (QED) is 0.504. The van der Waals surface area contributed by atoms with Crippen LogP contribution in [0.3, 0.4) is 0 Å². The van der Waals surface area contributed by atoms with Crippen molar-refractivity contribution in [2.75, 3.05) is 7.11 Å². The lowest BCUT2D eigenvalue weighted by molar-refractivity contribution is 0.0594. The Morgan fingerprint density at radius 3 is 2.61 bits per heavy atom. The Morgan fingerprint density at radius 1 is 1.39 bits per heavy atom.